The van der Waals surface area contributed by atoms with Gasteiger partial charge in [0.1, 0.15) is 17.7 Å². The van der Waals surface area contributed by atoms with E-state index in [1.54, 1.807) is 12.1 Å². The summed E-state index contributed by atoms with van der Waals surface area (Å²) in [5, 5.41) is 0. The highest BCUT2D eigenvalue weighted by atomic mass is 19.1. The minimum absolute atomic E-state index is 0.101. The molecule has 0 amide bonds. The molecule has 0 spiro atoms. The fourth-order valence-corrected chi connectivity index (χ4v) is 2.50. The van der Waals surface area contributed by atoms with Crippen LogP contribution in [-0.2, 0) is 0 Å². The molecule has 0 radical (unpaired) electrons. The molecule has 2 atom stereocenters. The predicted molar refractivity (Wildman–Crippen MR) is 83.0 cm³/mol. The average molecular weight is 293 g/mol. The lowest BCUT2D eigenvalue weighted by Gasteiger charge is -2.31. The highest BCUT2D eigenvalue weighted by Gasteiger charge is 2.17. The van der Waals surface area contributed by atoms with Crippen molar-refractivity contribution in [2.75, 3.05) is 19.6 Å². The van der Waals surface area contributed by atoms with Crippen molar-refractivity contribution in [3.8, 4) is 5.75 Å². The van der Waals surface area contributed by atoms with Gasteiger partial charge in [0.25, 0.3) is 0 Å². The summed E-state index contributed by atoms with van der Waals surface area (Å²) in [5.74, 6) is 1.64. The smallest absolute Gasteiger partial charge is 0.191 e. The number of benzene rings is 1. The third-order valence-corrected chi connectivity index (χ3v) is 3.64. The van der Waals surface area contributed by atoms with Gasteiger partial charge in [0.05, 0.1) is 6.54 Å². The Labute approximate surface area is 125 Å². The van der Waals surface area contributed by atoms with Crippen molar-refractivity contribution in [2.45, 2.75) is 32.8 Å². The lowest BCUT2D eigenvalue weighted by molar-refractivity contribution is 0.227. The van der Waals surface area contributed by atoms with Crippen molar-refractivity contribution < 1.29 is 9.13 Å². The van der Waals surface area contributed by atoms with Gasteiger partial charge >= 0.3 is 0 Å². The van der Waals surface area contributed by atoms with E-state index in [-0.39, 0.29) is 11.9 Å². The van der Waals surface area contributed by atoms with Crippen molar-refractivity contribution in [1.29, 1.82) is 0 Å². The third kappa shape index (κ3) is 4.92. The van der Waals surface area contributed by atoms with Gasteiger partial charge in [0.15, 0.2) is 5.96 Å². The van der Waals surface area contributed by atoms with Crippen molar-refractivity contribution >= 4 is 5.96 Å². The summed E-state index contributed by atoms with van der Waals surface area (Å²) in [4.78, 5) is 6.55. The first-order valence-electron chi connectivity index (χ1n) is 7.51. The molecule has 0 bridgehead atoms. The van der Waals surface area contributed by atoms with Gasteiger partial charge in [-0.05, 0) is 49.9 Å². The van der Waals surface area contributed by atoms with Crippen molar-refractivity contribution in [3.63, 3.8) is 0 Å². The van der Waals surface area contributed by atoms with Crippen molar-refractivity contribution in [2.24, 2.45) is 16.6 Å². The van der Waals surface area contributed by atoms with E-state index in [9.17, 15) is 4.39 Å². The molecule has 1 aliphatic rings. The average Bonchev–Trinajstić information content (AvgIpc) is 2.47. The van der Waals surface area contributed by atoms with Gasteiger partial charge in [0, 0.05) is 13.1 Å². The van der Waals surface area contributed by atoms with E-state index in [1.807, 2.05) is 6.92 Å². The molecule has 116 valence electrons. The van der Waals surface area contributed by atoms with Gasteiger partial charge in [-0.3, -0.25) is 0 Å². The molecule has 1 fully saturated rings. The van der Waals surface area contributed by atoms with Crippen LogP contribution in [0.15, 0.2) is 29.3 Å². The van der Waals surface area contributed by atoms with E-state index >= 15 is 0 Å². The molecule has 0 saturated carbocycles. The minimum Gasteiger partial charge on any atom is -0.489 e. The summed E-state index contributed by atoms with van der Waals surface area (Å²) < 4.78 is 18.5. The summed E-state index contributed by atoms with van der Waals surface area (Å²) in [6, 6.07) is 6.00. The van der Waals surface area contributed by atoms with Gasteiger partial charge < -0.3 is 15.4 Å². The first-order valence-corrected chi connectivity index (χ1v) is 7.51. The van der Waals surface area contributed by atoms with Gasteiger partial charge in [-0.25, -0.2) is 9.38 Å². The van der Waals surface area contributed by atoms with Crippen molar-refractivity contribution in [3.05, 3.63) is 30.1 Å². The molecule has 1 heterocycles. The first-order chi connectivity index (χ1) is 10.0. The number of guanidine groups is 1. The number of nitrogens with zero attached hydrogens (tertiary/aromatic N) is 2. The summed E-state index contributed by atoms with van der Waals surface area (Å²) in [6.07, 6.45) is 2.32. The van der Waals surface area contributed by atoms with Crippen LogP contribution < -0.4 is 10.5 Å². The molecular weight excluding hydrogens is 269 g/mol. The van der Waals surface area contributed by atoms with E-state index < -0.39 is 0 Å². The Hall–Kier alpha value is -1.78. The van der Waals surface area contributed by atoms with Crippen LogP contribution in [0.25, 0.3) is 0 Å². The molecule has 2 unspecified atom stereocenters. The van der Waals surface area contributed by atoms with E-state index in [2.05, 4.69) is 16.8 Å². The molecule has 1 aromatic rings. The highest BCUT2D eigenvalue weighted by Crippen LogP contribution is 2.15. The number of rotatable bonds is 4. The second-order valence-electron chi connectivity index (χ2n) is 5.77. The molecule has 1 aliphatic heterocycles. The standard InChI is InChI=1S/C16H24FN3O/c1-12-4-3-9-20(11-12)16(18)19-10-13(2)21-15-7-5-14(17)6-8-15/h5-8,12-13H,3-4,9-11H2,1-2H3,(H2,18,19). The first kappa shape index (κ1) is 15.6. The predicted octanol–water partition coefficient (Wildman–Crippen LogP) is 2.64. The lowest BCUT2D eigenvalue weighted by atomic mass is 10.0. The number of likely N-dealkylation sites (tertiary alicyclic amines) is 1. The number of aliphatic imine (C=N–C) groups is 1. The number of hydrogen-bond acceptors (Lipinski definition) is 2. The Morgan fingerprint density at radius 1 is 1.48 bits per heavy atom. The van der Waals surface area contributed by atoms with Crippen LogP contribution >= 0.6 is 0 Å². The van der Waals surface area contributed by atoms with E-state index in [1.165, 1.54) is 25.0 Å². The monoisotopic (exact) mass is 293 g/mol. The van der Waals surface area contributed by atoms with Crippen LogP contribution in [0.1, 0.15) is 26.7 Å². The normalized spacial score (nSPS) is 21.2. The van der Waals surface area contributed by atoms with Gasteiger partial charge in [-0.2, -0.15) is 0 Å². The molecule has 4 nitrogen and oxygen atoms in total. The molecule has 2 N–H and O–H groups in total. The zero-order valence-electron chi connectivity index (χ0n) is 12.8. The fraction of sp³-hybridized carbons (Fsp3) is 0.562. The maximum Gasteiger partial charge on any atom is 0.191 e. The number of ether oxygens (including phenoxy) is 1. The Kier molecular flexibility index (Phi) is 5.42. The van der Waals surface area contributed by atoms with Crippen LogP contribution in [0.2, 0.25) is 0 Å². The summed E-state index contributed by atoms with van der Waals surface area (Å²) >= 11 is 0. The zero-order chi connectivity index (χ0) is 15.2. The Balaban J connectivity index is 1.83. The second-order valence-corrected chi connectivity index (χ2v) is 5.77. The number of halogens is 1. The number of hydrogen-bond donors (Lipinski definition) is 1. The number of nitrogens with two attached hydrogens (primary N) is 1. The zero-order valence-corrected chi connectivity index (χ0v) is 12.8. The molecule has 5 heteroatoms. The van der Waals surface area contributed by atoms with Crippen LogP contribution in [0.4, 0.5) is 4.39 Å². The largest absolute Gasteiger partial charge is 0.489 e. The molecule has 21 heavy (non-hydrogen) atoms. The second kappa shape index (κ2) is 7.29. The van der Waals surface area contributed by atoms with Gasteiger partial charge in [-0.15, -0.1) is 0 Å². The van der Waals surface area contributed by atoms with E-state index in [4.69, 9.17) is 10.5 Å². The van der Waals surface area contributed by atoms with Crippen LogP contribution in [-0.4, -0.2) is 36.6 Å². The Morgan fingerprint density at radius 3 is 2.86 bits per heavy atom. The molecule has 1 saturated heterocycles. The quantitative estimate of drug-likeness (QED) is 0.686. The Bertz CT molecular complexity index is 475. The summed E-state index contributed by atoms with van der Waals surface area (Å²) in [7, 11) is 0. The minimum atomic E-state index is -0.267. The van der Waals surface area contributed by atoms with Crippen LogP contribution in [0, 0.1) is 11.7 Å². The fourth-order valence-electron chi connectivity index (χ4n) is 2.50. The van der Waals surface area contributed by atoms with E-state index in [0.29, 0.717) is 24.2 Å². The number of piperidine rings is 1. The van der Waals surface area contributed by atoms with Gasteiger partial charge in [-0.1, -0.05) is 6.92 Å². The molecule has 2 rings (SSSR count). The molecule has 0 aliphatic carbocycles. The topological polar surface area (TPSA) is 50.8 Å². The third-order valence-electron chi connectivity index (χ3n) is 3.64. The highest BCUT2D eigenvalue weighted by molar-refractivity contribution is 5.78. The SMILES string of the molecule is CC1CCCN(C(N)=NCC(C)Oc2ccc(F)cc2)C1. The maximum atomic E-state index is 12.8. The van der Waals surface area contributed by atoms with Crippen LogP contribution in [0.3, 0.4) is 0 Å². The molecular formula is C16H24FN3O. The van der Waals surface area contributed by atoms with Gasteiger partial charge in [0.2, 0.25) is 0 Å². The summed E-state index contributed by atoms with van der Waals surface area (Å²) in [6.45, 7) is 6.61. The van der Waals surface area contributed by atoms with Crippen molar-refractivity contribution in [1.82, 2.24) is 4.90 Å². The summed E-state index contributed by atoms with van der Waals surface area (Å²) in [5.41, 5.74) is 6.04. The van der Waals surface area contributed by atoms with Crippen LogP contribution in [0.5, 0.6) is 5.75 Å². The maximum absolute atomic E-state index is 12.8. The Morgan fingerprint density at radius 2 is 2.19 bits per heavy atom. The molecule has 1 aromatic carbocycles. The van der Waals surface area contributed by atoms with E-state index in [0.717, 1.165) is 13.1 Å². The molecule has 0 aromatic heterocycles. The lowest BCUT2D eigenvalue weighted by Crippen LogP contribution is -2.43.